The zero-order valence-corrected chi connectivity index (χ0v) is 21.1. The molecule has 0 fully saturated rings. The molecule has 3 aromatic heterocycles. The van der Waals surface area contributed by atoms with E-state index in [9.17, 15) is 9.59 Å². The summed E-state index contributed by atoms with van der Waals surface area (Å²) in [6.07, 6.45) is 3.36. The van der Waals surface area contributed by atoms with Crippen LogP contribution >= 0.6 is 0 Å². The van der Waals surface area contributed by atoms with Crippen LogP contribution in [0.3, 0.4) is 0 Å². The van der Waals surface area contributed by atoms with Crippen LogP contribution in [0.15, 0.2) is 71.8 Å². The minimum Gasteiger partial charge on any atom is -0.342 e. The lowest BCUT2D eigenvalue weighted by Gasteiger charge is -2.20. The fourth-order valence-corrected chi connectivity index (χ4v) is 4.29. The Bertz CT molecular complexity index is 1760. The summed E-state index contributed by atoms with van der Waals surface area (Å²) in [5, 5.41) is 7.84. The van der Waals surface area contributed by atoms with Crippen molar-refractivity contribution in [1.29, 1.82) is 0 Å². The number of aromatic nitrogens is 5. The molecule has 1 atom stereocenters. The zero-order chi connectivity index (χ0) is 26.1. The molecule has 1 unspecified atom stereocenters. The number of para-hydroxylation sites is 1. The molecule has 8 nitrogen and oxygen atoms in total. The predicted octanol–water partition coefficient (Wildman–Crippen LogP) is 4.24. The maximum Gasteiger partial charge on any atom is 0.267 e. The van der Waals surface area contributed by atoms with Gasteiger partial charge in [-0.1, -0.05) is 50.0 Å². The minimum absolute atomic E-state index is 0.159. The van der Waals surface area contributed by atoms with Crippen LogP contribution < -0.4 is 10.9 Å². The molecular weight excluding hydrogens is 464 g/mol. The molecule has 1 amide bonds. The molecular formula is C29H26N6O2. The number of amides is 1. The molecule has 184 valence electrons. The topological polar surface area (TPSA) is 94.2 Å². The van der Waals surface area contributed by atoms with Crippen molar-refractivity contribution >= 4 is 22.5 Å². The van der Waals surface area contributed by atoms with Gasteiger partial charge in [0.25, 0.3) is 11.5 Å². The lowest BCUT2D eigenvalue weighted by molar-refractivity contribution is 0.0938. The number of hydrogen-bond acceptors (Lipinski definition) is 5. The fourth-order valence-electron chi connectivity index (χ4n) is 4.29. The number of aryl methyl sites for hydroxylation is 1. The van der Waals surface area contributed by atoms with Gasteiger partial charge < -0.3 is 5.32 Å². The largest absolute Gasteiger partial charge is 0.342 e. The van der Waals surface area contributed by atoms with Crippen molar-refractivity contribution in [3.63, 3.8) is 0 Å². The molecule has 3 heterocycles. The van der Waals surface area contributed by atoms with Crippen LogP contribution in [0, 0.1) is 24.7 Å². The Morgan fingerprint density at radius 1 is 1.03 bits per heavy atom. The van der Waals surface area contributed by atoms with E-state index in [4.69, 9.17) is 4.98 Å². The van der Waals surface area contributed by atoms with Gasteiger partial charge >= 0.3 is 0 Å². The summed E-state index contributed by atoms with van der Waals surface area (Å²) < 4.78 is 3.12. The second-order valence-corrected chi connectivity index (χ2v) is 9.11. The van der Waals surface area contributed by atoms with E-state index >= 15 is 0 Å². The highest BCUT2D eigenvalue weighted by Gasteiger charge is 2.24. The first kappa shape index (κ1) is 23.9. The Morgan fingerprint density at radius 3 is 2.57 bits per heavy atom. The molecule has 0 spiro atoms. The molecule has 0 aliphatic rings. The van der Waals surface area contributed by atoms with Crippen LogP contribution in [0.2, 0.25) is 0 Å². The van der Waals surface area contributed by atoms with Crippen molar-refractivity contribution in [2.75, 3.05) is 0 Å². The summed E-state index contributed by atoms with van der Waals surface area (Å²) in [5.74, 6) is 6.51. The average Bonchev–Trinajstić information content (AvgIpc) is 3.23. The standard InChI is InChI=1S/C29H26N6O2/c1-18(2)14-15-21-10-8-13-23-25(21)29(37)35(22-11-6-5-7-12-22)26(32-23)20(4)31-28(36)24-19(3)33-34-17-9-16-30-27(24)34/h5-13,16-18,20H,1-4H3,(H,31,36). The Morgan fingerprint density at radius 2 is 1.81 bits per heavy atom. The Hall–Kier alpha value is -4.77. The highest BCUT2D eigenvalue weighted by Crippen LogP contribution is 2.21. The van der Waals surface area contributed by atoms with Crippen molar-refractivity contribution in [1.82, 2.24) is 29.5 Å². The maximum absolute atomic E-state index is 14.0. The van der Waals surface area contributed by atoms with Crippen LogP contribution in [0.4, 0.5) is 0 Å². The van der Waals surface area contributed by atoms with Crippen LogP contribution in [-0.2, 0) is 0 Å². The van der Waals surface area contributed by atoms with E-state index in [0.29, 0.717) is 44.9 Å². The number of fused-ring (bicyclic) bond motifs is 2. The van der Waals surface area contributed by atoms with Crippen LogP contribution in [-0.4, -0.2) is 30.1 Å². The van der Waals surface area contributed by atoms with Gasteiger partial charge in [0.05, 0.1) is 28.3 Å². The Kier molecular flexibility index (Phi) is 6.28. The molecule has 0 aliphatic heterocycles. The summed E-state index contributed by atoms with van der Waals surface area (Å²) in [6.45, 7) is 7.58. The summed E-state index contributed by atoms with van der Waals surface area (Å²) in [7, 11) is 0. The minimum atomic E-state index is -0.603. The summed E-state index contributed by atoms with van der Waals surface area (Å²) >= 11 is 0. The average molecular weight is 491 g/mol. The predicted molar refractivity (Wildman–Crippen MR) is 143 cm³/mol. The van der Waals surface area contributed by atoms with Crippen molar-refractivity contribution in [3.8, 4) is 17.5 Å². The highest BCUT2D eigenvalue weighted by atomic mass is 16.2. The second kappa shape index (κ2) is 9.70. The quantitative estimate of drug-likeness (QED) is 0.381. The van der Waals surface area contributed by atoms with Gasteiger partial charge in [0.1, 0.15) is 11.4 Å². The maximum atomic E-state index is 14.0. The van der Waals surface area contributed by atoms with E-state index in [1.807, 2.05) is 63.2 Å². The van der Waals surface area contributed by atoms with Crippen molar-refractivity contribution in [2.45, 2.75) is 33.7 Å². The monoisotopic (exact) mass is 490 g/mol. The lowest BCUT2D eigenvalue weighted by atomic mass is 10.1. The van der Waals surface area contributed by atoms with Gasteiger partial charge in [0.2, 0.25) is 0 Å². The zero-order valence-electron chi connectivity index (χ0n) is 21.1. The van der Waals surface area contributed by atoms with Crippen molar-refractivity contribution in [2.24, 2.45) is 5.92 Å². The number of hydrogen-bond donors (Lipinski definition) is 1. The van der Waals surface area contributed by atoms with Crippen molar-refractivity contribution in [3.05, 3.63) is 100.0 Å². The van der Waals surface area contributed by atoms with Gasteiger partial charge in [-0.2, -0.15) is 5.10 Å². The van der Waals surface area contributed by atoms with Gasteiger partial charge in [-0.05, 0) is 44.2 Å². The number of nitrogens with one attached hydrogen (secondary N) is 1. The van der Waals surface area contributed by atoms with E-state index < -0.39 is 6.04 Å². The fraction of sp³-hybridized carbons (Fsp3) is 0.207. The van der Waals surface area contributed by atoms with Gasteiger partial charge in [0, 0.05) is 23.9 Å². The summed E-state index contributed by atoms with van der Waals surface area (Å²) in [6, 6.07) is 15.9. The number of carbonyl (C=O) groups is 1. The molecule has 37 heavy (non-hydrogen) atoms. The van der Waals surface area contributed by atoms with E-state index in [1.54, 1.807) is 40.5 Å². The van der Waals surface area contributed by atoms with Gasteiger partial charge in [-0.15, -0.1) is 0 Å². The van der Waals surface area contributed by atoms with E-state index in [2.05, 4.69) is 27.2 Å². The van der Waals surface area contributed by atoms with Gasteiger partial charge in [0.15, 0.2) is 5.65 Å². The van der Waals surface area contributed by atoms with E-state index in [1.165, 1.54) is 0 Å². The third-order valence-electron chi connectivity index (χ3n) is 5.97. The van der Waals surface area contributed by atoms with Crippen LogP contribution in [0.1, 0.15) is 54.3 Å². The van der Waals surface area contributed by atoms with Crippen LogP contribution in [0.5, 0.6) is 0 Å². The first-order chi connectivity index (χ1) is 17.8. The number of carbonyl (C=O) groups excluding carboxylic acids is 1. The molecule has 0 radical (unpaired) electrons. The van der Waals surface area contributed by atoms with Gasteiger partial charge in [-0.3, -0.25) is 14.2 Å². The molecule has 0 saturated carbocycles. The molecule has 8 heteroatoms. The molecule has 1 N–H and O–H groups in total. The first-order valence-electron chi connectivity index (χ1n) is 12.1. The lowest BCUT2D eigenvalue weighted by Crippen LogP contribution is -2.33. The Labute approximate surface area is 214 Å². The molecule has 2 aromatic carbocycles. The molecule has 0 bridgehead atoms. The first-order valence-corrected chi connectivity index (χ1v) is 12.1. The highest BCUT2D eigenvalue weighted by molar-refractivity contribution is 6.01. The number of benzene rings is 2. The van der Waals surface area contributed by atoms with Crippen molar-refractivity contribution < 1.29 is 4.79 Å². The third-order valence-corrected chi connectivity index (χ3v) is 5.97. The smallest absolute Gasteiger partial charge is 0.267 e. The molecule has 0 saturated heterocycles. The van der Waals surface area contributed by atoms with E-state index in [0.717, 1.165) is 0 Å². The number of nitrogens with zero attached hydrogens (tertiary/aromatic N) is 5. The molecule has 0 aliphatic carbocycles. The van der Waals surface area contributed by atoms with Crippen LogP contribution in [0.25, 0.3) is 22.2 Å². The number of rotatable bonds is 4. The van der Waals surface area contributed by atoms with Gasteiger partial charge in [-0.25, -0.2) is 14.5 Å². The SMILES string of the molecule is Cc1nn2cccnc2c1C(=O)NC(C)c1nc2cccc(C#CC(C)C)c2c(=O)n1-c1ccccc1. The second-order valence-electron chi connectivity index (χ2n) is 9.11. The third kappa shape index (κ3) is 4.47. The normalized spacial score (nSPS) is 11.9. The summed E-state index contributed by atoms with van der Waals surface area (Å²) in [5.41, 5.74) is 2.97. The molecule has 5 aromatic rings. The molecule has 5 rings (SSSR count). The van der Waals surface area contributed by atoms with E-state index in [-0.39, 0.29) is 17.4 Å². The summed E-state index contributed by atoms with van der Waals surface area (Å²) in [4.78, 5) is 36.5. The Balaban J connectivity index is 1.66.